The van der Waals surface area contributed by atoms with Gasteiger partial charge in [0.05, 0.1) is 26.4 Å². The van der Waals surface area contributed by atoms with Gasteiger partial charge in [-0.1, -0.05) is 30.3 Å². The van der Waals surface area contributed by atoms with Gasteiger partial charge < -0.3 is 19.1 Å². The number of carbonyl (C=O) groups is 1. The smallest absolute Gasteiger partial charge is 0.258 e. The normalized spacial score (nSPS) is 10.3. The highest BCUT2D eigenvalue weighted by Gasteiger charge is 2.20. The van der Waals surface area contributed by atoms with E-state index in [1.807, 2.05) is 30.3 Å². The third-order valence-electron chi connectivity index (χ3n) is 3.71. The summed E-state index contributed by atoms with van der Waals surface area (Å²) in [6.45, 7) is 1.46. The minimum absolute atomic E-state index is 0.119. The monoisotopic (exact) mass is 329 g/mol. The van der Waals surface area contributed by atoms with Crippen LogP contribution in [0.25, 0.3) is 0 Å². The number of nitrogens with zero attached hydrogens (tertiary/aromatic N) is 1. The molecule has 2 aromatic carbocycles. The van der Waals surface area contributed by atoms with Crippen molar-refractivity contribution >= 4 is 5.91 Å². The second kappa shape index (κ2) is 8.93. The first-order valence-corrected chi connectivity index (χ1v) is 7.73. The summed E-state index contributed by atoms with van der Waals surface area (Å²) in [7, 11) is 4.75. The van der Waals surface area contributed by atoms with E-state index < -0.39 is 0 Å². The van der Waals surface area contributed by atoms with Crippen LogP contribution in [0.3, 0.4) is 0 Å². The molecule has 0 aliphatic heterocycles. The molecule has 0 aliphatic carbocycles. The topological polar surface area (TPSA) is 48.0 Å². The Morgan fingerprint density at radius 2 is 1.75 bits per heavy atom. The fraction of sp³-hybridized carbons (Fsp3) is 0.316. The predicted molar refractivity (Wildman–Crippen MR) is 92.6 cm³/mol. The van der Waals surface area contributed by atoms with E-state index in [1.54, 1.807) is 44.4 Å². The summed E-state index contributed by atoms with van der Waals surface area (Å²) in [4.78, 5) is 14.8. The van der Waals surface area contributed by atoms with Crippen LogP contribution in [0.5, 0.6) is 11.5 Å². The molecule has 0 heterocycles. The summed E-state index contributed by atoms with van der Waals surface area (Å²) in [6, 6.07) is 15.1. The molecule has 0 aromatic heterocycles. The van der Waals surface area contributed by atoms with Crippen LogP contribution in [0.2, 0.25) is 0 Å². The molecule has 0 fully saturated rings. The van der Waals surface area contributed by atoms with Crippen molar-refractivity contribution in [1.29, 1.82) is 0 Å². The minimum Gasteiger partial charge on any atom is -0.497 e. The summed E-state index contributed by atoms with van der Waals surface area (Å²) in [6.07, 6.45) is 0. The molecule has 0 saturated carbocycles. The zero-order valence-corrected chi connectivity index (χ0v) is 14.3. The highest BCUT2D eigenvalue weighted by molar-refractivity contribution is 5.97. The molecule has 2 rings (SSSR count). The zero-order valence-electron chi connectivity index (χ0n) is 14.3. The molecule has 5 nitrogen and oxygen atoms in total. The Labute approximate surface area is 142 Å². The molecule has 0 atom stereocenters. The lowest BCUT2D eigenvalue weighted by Crippen LogP contribution is -2.33. The average Bonchev–Trinajstić information content (AvgIpc) is 2.64. The first-order valence-electron chi connectivity index (χ1n) is 7.73. The lowest BCUT2D eigenvalue weighted by atomic mass is 10.1. The van der Waals surface area contributed by atoms with Crippen molar-refractivity contribution in [2.45, 2.75) is 6.54 Å². The Kier molecular flexibility index (Phi) is 6.63. The van der Waals surface area contributed by atoms with Crippen molar-refractivity contribution < 1.29 is 19.0 Å². The van der Waals surface area contributed by atoms with Crippen LogP contribution in [0.15, 0.2) is 48.5 Å². The second-order valence-corrected chi connectivity index (χ2v) is 5.27. The van der Waals surface area contributed by atoms with Gasteiger partial charge in [0, 0.05) is 20.2 Å². The van der Waals surface area contributed by atoms with Gasteiger partial charge in [0.15, 0.2) is 0 Å². The number of rotatable bonds is 8. The summed E-state index contributed by atoms with van der Waals surface area (Å²) in [5.74, 6) is 1.02. The van der Waals surface area contributed by atoms with Gasteiger partial charge in [-0.2, -0.15) is 0 Å². The molecule has 2 aromatic rings. The van der Waals surface area contributed by atoms with E-state index in [0.717, 1.165) is 5.56 Å². The van der Waals surface area contributed by atoms with Crippen molar-refractivity contribution in [1.82, 2.24) is 4.90 Å². The van der Waals surface area contributed by atoms with E-state index in [-0.39, 0.29) is 5.91 Å². The van der Waals surface area contributed by atoms with Crippen molar-refractivity contribution in [2.75, 3.05) is 34.5 Å². The van der Waals surface area contributed by atoms with E-state index in [1.165, 1.54) is 0 Å². The van der Waals surface area contributed by atoms with Crippen LogP contribution in [-0.2, 0) is 11.3 Å². The third-order valence-corrected chi connectivity index (χ3v) is 3.71. The van der Waals surface area contributed by atoms with Crippen molar-refractivity contribution in [3.05, 3.63) is 59.7 Å². The molecule has 24 heavy (non-hydrogen) atoms. The number of methoxy groups -OCH3 is 3. The molecular formula is C19H23NO4. The van der Waals surface area contributed by atoms with Gasteiger partial charge in [-0.25, -0.2) is 0 Å². The maximum atomic E-state index is 13.0. The highest BCUT2D eigenvalue weighted by Crippen LogP contribution is 2.25. The Bertz CT molecular complexity index is 658. The van der Waals surface area contributed by atoms with Crippen LogP contribution in [0, 0.1) is 0 Å². The van der Waals surface area contributed by atoms with Crippen LogP contribution in [0.4, 0.5) is 0 Å². The molecule has 1 amide bonds. The summed E-state index contributed by atoms with van der Waals surface area (Å²) < 4.78 is 15.7. The standard InChI is InChI=1S/C19H23NO4/c1-22-12-11-20(14-15-7-5-4-6-8-15)19(21)17-13-16(23-2)9-10-18(17)24-3/h4-10,13H,11-12,14H2,1-3H3. The number of carbonyl (C=O) groups excluding carboxylic acids is 1. The molecule has 5 heteroatoms. The molecule has 0 bridgehead atoms. The molecular weight excluding hydrogens is 306 g/mol. The number of hydrogen-bond acceptors (Lipinski definition) is 4. The fourth-order valence-electron chi connectivity index (χ4n) is 2.41. The van der Waals surface area contributed by atoms with Crippen LogP contribution >= 0.6 is 0 Å². The maximum Gasteiger partial charge on any atom is 0.258 e. The lowest BCUT2D eigenvalue weighted by Gasteiger charge is -2.23. The molecule has 0 radical (unpaired) electrons. The van der Waals surface area contributed by atoms with Crippen molar-refractivity contribution in [3.63, 3.8) is 0 Å². The largest absolute Gasteiger partial charge is 0.497 e. The fourth-order valence-corrected chi connectivity index (χ4v) is 2.41. The van der Waals surface area contributed by atoms with E-state index in [9.17, 15) is 4.79 Å². The molecule has 128 valence electrons. The summed E-state index contributed by atoms with van der Waals surface area (Å²) >= 11 is 0. The zero-order chi connectivity index (χ0) is 17.4. The quantitative estimate of drug-likeness (QED) is 0.747. The van der Waals surface area contributed by atoms with E-state index in [2.05, 4.69) is 0 Å². The maximum absolute atomic E-state index is 13.0. The SMILES string of the molecule is COCCN(Cc1ccccc1)C(=O)c1cc(OC)ccc1OC. The Hall–Kier alpha value is -2.53. The van der Waals surface area contributed by atoms with Gasteiger partial charge in [-0.3, -0.25) is 4.79 Å². The van der Waals surface area contributed by atoms with Gasteiger partial charge in [-0.15, -0.1) is 0 Å². The van der Waals surface area contributed by atoms with Gasteiger partial charge in [0.25, 0.3) is 5.91 Å². The highest BCUT2D eigenvalue weighted by atomic mass is 16.5. The first-order chi connectivity index (χ1) is 11.7. The summed E-state index contributed by atoms with van der Waals surface area (Å²) in [5, 5.41) is 0. The summed E-state index contributed by atoms with van der Waals surface area (Å²) in [5.41, 5.74) is 1.53. The molecule has 0 N–H and O–H groups in total. The number of ether oxygens (including phenoxy) is 3. The van der Waals surface area contributed by atoms with Crippen LogP contribution in [-0.4, -0.2) is 45.3 Å². The van der Waals surface area contributed by atoms with Gasteiger partial charge in [-0.05, 0) is 23.8 Å². The van der Waals surface area contributed by atoms with Gasteiger partial charge >= 0.3 is 0 Å². The van der Waals surface area contributed by atoms with Gasteiger partial charge in [0.1, 0.15) is 11.5 Å². The molecule has 0 saturated heterocycles. The number of benzene rings is 2. The molecule has 0 spiro atoms. The predicted octanol–water partition coefficient (Wildman–Crippen LogP) is 2.99. The van der Waals surface area contributed by atoms with E-state index in [4.69, 9.17) is 14.2 Å². The van der Waals surface area contributed by atoms with Crippen LogP contribution < -0.4 is 9.47 Å². The van der Waals surface area contributed by atoms with E-state index in [0.29, 0.717) is 36.8 Å². The van der Waals surface area contributed by atoms with Crippen molar-refractivity contribution in [2.24, 2.45) is 0 Å². The number of hydrogen-bond donors (Lipinski definition) is 0. The lowest BCUT2D eigenvalue weighted by molar-refractivity contribution is 0.0677. The minimum atomic E-state index is -0.119. The second-order valence-electron chi connectivity index (χ2n) is 5.27. The van der Waals surface area contributed by atoms with Crippen molar-refractivity contribution in [3.8, 4) is 11.5 Å². The van der Waals surface area contributed by atoms with Gasteiger partial charge in [0.2, 0.25) is 0 Å². The van der Waals surface area contributed by atoms with Crippen LogP contribution in [0.1, 0.15) is 15.9 Å². The Balaban J connectivity index is 2.29. The first kappa shape index (κ1) is 17.8. The Morgan fingerprint density at radius 1 is 1.00 bits per heavy atom. The molecule has 0 aliphatic rings. The Morgan fingerprint density at radius 3 is 2.38 bits per heavy atom. The number of amides is 1. The average molecular weight is 329 g/mol. The third kappa shape index (κ3) is 4.49. The van der Waals surface area contributed by atoms with E-state index >= 15 is 0 Å². The molecule has 0 unspecified atom stereocenters.